The molecule has 1 aromatic carbocycles. The number of para-hydroxylation sites is 1. The molecule has 2 unspecified atom stereocenters. The summed E-state index contributed by atoms with van der Waals surface area (Å²) in [5.41, 5.74) is 2.25. The van der Waals surface area contributed by atoms with E-state index in [1.807, 2.05) is 40.0 Å². The van der Waals surface area contributed by atoms with Gasteiger partial charge in [0, 0.05) is 18.3 Å². The summed E-state index contributed by atoms with van der Waals surface area (Å²) in [6.07, 6.45) is 0.0724. The van der Waals surface area contributed by atoms with Gasteiger partial charge in [-0.15, -0.1) is 0 Å². The van der Waals surface area contributed by atoms with Crippen LogP contribution in [0.3, 0.4) is 0 Å². The van der Waals surface area contributed by atoms with Crippen LogP contribution in [-0.2, 0) is 9.47 Å². The molecule has 0 spiro atoms. The van der Waals surface area contributed by atoms with E-state index in [2.05, 4.69) is 17.4 Å². The largest absolute Gasteiger partial charge is 0.388 e. The Morgan fingerprint density at radius 3 is 2.44 bits per heavy atom. The van der Waals surface area contributed by atoms with Crippen LogP contribution in [0.1, 0.15) is 32.4 Å². The monoisotopic (exact) mass is 221 g/mol. The summed E-state index contributed by atoms with van der Waals surface area (Å²) in [4.78, 5) is 0. The molecule has 0 bridgehead atoms. The number of benzene rings is 1. The predicted molar refractivity (Wildman–Crippen MR) is 64.4 cm³/mol. The average Bonchev–Trinajstić information content (AvgIpc) is 2.52. The number of anilines is 1. The van der Waals surface area contributed by atoms with Crippen molar-refractivity contribution in [2.75, 3.05) is 12.4 Å². The highest BCUT2D eigenvalue weighted by atomic mass is 16.7. The molecule has 1 aliphatic heterocycles. The van der Waals surface area contributed by atoms with Crippen molar-refractivity contribution in [1.29, 1.82) is 0 Å². The molecule has 1 saturated heterocycles. The van der Waals surface area contributed by atoms with Crippen molar-refractivity contribution < 1.29 is 9.47 Å². The molecule has 88 valence electrons. The third-order valence-electron chi connectivity index (χ3n) is 2.84. The number of hydrogen-bond donors (Lipinski definition) is 1. The molecule has 3 nitrogen and oxygen atoms in total. The Morgan fingerprint density at radius 2 is 1.88 bits per heavy atom. The van der Waals surface area contributed by atoms with Gasteiger partial charge in [-0.3, -0.25) is 0 Å². The SMILES string of the molecule is CNc1ccccc1C1OC(C)(C)OC1C. The maximum absolute atomic E-state index is 5.93. The first kappa shape index (κ1) is 11.4. The molecule has 1 aromatic rings. The lowest BCUT2D eigenvalue weighted by Crippen LogP contribution is -2.20. The van der Waals surface area contributed by atoms with Crippen molar-refractivity contribution in [2.24, 2.45) is 0 Å². The van der Waals surface area contributed by atoms with E-state index in [0.29, 0.717) is 0 Å². The van der Waals surface area contributed by atoms with Gasteiger partial charge in [0.15, 0.2) is 5.79 Å². The maximum atomic E-state index is 5.93. The van der Waals surface area contributed by atoms with E-state index in [1.54, 1.807) is 0 Å². The quantitative estimate of drug-likeness (QED) is 0.833. The van der Waals surface area contributed by atoms with Gasteiger partial charge in [0.2, 0.25) is 0 Å². The van der Waals surface area contributed by atoms with Crippen LogP contribution in [0.5, 0.6) is 0 Å². The van der Waals surface area contributed by atoms with E-state index in [4.69, 9.17) is 9.47 Å². The zero-order valence-corrected chi connectivity index (χ0v) is 10.3. The van der Waals surface area contributed by atoms with Gasteiger partial charge in [0.05, 0.1) is 6.10 Å². The number of rotatable bonds is 2. The van der Waals surface area contributed by atoms with Crippen LogP contribution < -0.4 is 5.32 Å². The molecule has 16 heavy (non-hydrogen) atoms. The number of ether oxygens (including phenoxy) is 2. The zero-order valence-electron chi connectivity index (χ0n) is 10.3. The van der Waals surface area contributed by atoms with E-state index < -0.39 is 5.79 Å². The summed E-state index contributed by atoms with van der Waals surface area (Å²) < 4.78 is 11.7. The molecule has 0 amide bonds. The zero-order chi connectivity index (χ0) is 11.8. The lowest BCUT2D eigenvalue weighted by Gasteiger charge is -2.19. The molecule has 0 aromatic heterocycles. The summed E-state index contributed by atoms with van der Waals surface area (Å²) in [7, 11) is 1.92. The van der Waals surface area contributed by atoms with E-state index in [1.165, 1.54) is 0 Å². The molecule has 2 rings (SSSR count). The third kappa shape index (κ3) is 2.06. The molecule has 1 N–H and O–H groups in total. The van der Waals surface area contributed by atoms with Crippen LogP contribution in [0.25, 0.3) is 0 Å². The Labute approximate surface area is 96.8 Å². The Hall–Kier alpha value is -1.06. The van der Waals surface area contributed by atoms with Crippen LogP contribution >= 0.6 is 0 Å². The Morgan fingerprint density at radius 1 is 1.19 bits per heavy atom. The van der Waals surface area contributed by atoms with Gasteiger partial charge in [-0.2, -0.15) is 0 Å². The van der Waals surface area contributed by atoms with Gasteiger partial charge in [0.25, 0.3) is 0 Å². The first-order chi connectivity index (χ1) is 7.53. The molecule has 0 aliphatic carbocycles. The fourth-order valence-electron chi connectivity index (χ4n) is 2.23. The average molecular weight is 221 g/mol. The smallest absolute Gasteiger partial charge is 0.164 e. The molecule has 2 atom stereocenters. The minimum absolute atomic E-state index is 0.00125. The Kier molecular flexibility index (Phi) is 2.91. The molecule has 1 fully saturated rings. The highest BCUT2D eigenvalue weighted by Crippen LogP contribution is 2.40. The van der Waals surface area contributed by atoms with E-state index in [0.717, 1.165) is 11.3 Å². The van der Waals surface area contributed by atoms with E-state index in [9.17, 15) is 0 Å². The van der Waals surface area contributed by atoms with Crippen LogP contribution in [0, 0.1) is 0 Å². The molecule has 0 saturated carbocycles. The van der Waals surface area contributed by atoms with Crippen LogP contribution in [0.2, 0.25) is 0 Å². The highest BCUT2D eigenvalue weighted by Gasteiger charge is 2.40. The Balaban J connectivity index is 2.31. The summed E-state index contributed by atoms with van der Waals surface area (Å²) in [6, 6.07) is 8.17. The van der Waals surface area contributed by atoms with Gasteiger partial charge in [0.1, 0.15) is 6.10 Å². The van der Waals surface area contributed by atoms with Crippen molar-refractivity contribution in [1.82, 2.24) is 0 Å². The normalized spacial score (nSPS) is 28.0. The summed E-state index contributed by atoms with van der Waals surface area (Å²) in [5.74, 6) is -0.495. The summed E-state index contributed by atoms with van der Waals surface area (Å²) >= 11 is 0. The van der Waals surface area contributed by atoms with Crippen molar-refractivity contribution in [3.63, 3.8) is 0 Å². The summed E-state index contributed by atoms with van der Waals surface area (Å²) in [6.45, 7) is 5.95. The lowest BCUT2D eigenvalue weighted by atomic mass is 10.0. The fraction of sp³-hybridized carbons (Fsp3) is 0.538. The number of hydrogen-bond acceptors (Lipinski definition) is 3. The predicted octanol–water partition coefficient (Wildman–Crippen LogP) is 2.94. The lowest BCUT2D eigenvalue weighted by molar-refractivity contribution is -0.145. The van der Waals surface area contributed by atoms with E-state index in [-0.39, 0.29) is 12.2 Å². The second kappa shape index (κ2) is 4.07. The maximum Gasteiger partial charge on any atom is 0.164 e. The van der Waals surface area contributed by atoms with Gasteiger partial charge in [-0.25, -0.2) is 0 Å². The van der Waals surface area contributed by atoms with Crippen molar-refractivity contribution in [3.05, 3.63) is 29.8 Å². The van der Waals surface area contributed by atoms with E-state index >= 15 is 0 Å². The van der Waals surface area contributed by atoms with Gasteiger partial charge < -0.3 is 14.8 Å². The molecule has 0 radical (unpaired) electrons. The van der Waals surface area contributed by atoms with Crippen molar-refractivity contribution in [2.45, 2.75) is 38.8 Å². The fourth-order valence-corrected chi connectivity index (χ4v) is 2.23. The van der Waals surface area contributed by atoms with Crippen molar-refractivity contribution in [3.8, 4) is 0 Å². The van der Waals surface area contributed by atoms with Gasteiger partial charge in [-0.05, 0) is 26.8 Å². The van der Waals surface area contributed by atoms with Crippen LogP contribution in [0.15, 0.2) is 24.3 Å². The minimum Gasteiger partial charge on any atom is -0.388 e. The first-order valence-electron chi connectivity index (χ1n) is 5.66. The topological polar surface area (TPSA) is 30.5 Å². The molecule has 3 heteroatoms. The molecule has 1 heterocycles. The molecule has 1 aliphatic rings. The van der Waals surface area contributed by atoms with Gasteiger partial charge >= 0.3 is 0 Å². The highest BCUT2D eigenvalue weighted by molar-refractivity contribution is 5.52. The third-order valence-corrected chi connectivity index (χ3v) is 2.84. The second-order valence-corrected chi connectivity index (χ2v) is 4.60. The number of nitrogens with one attached hydrogen (secondary N) is 1. The van der Waals surface area contributed by atoms with Crippen molar-refractivity contribution >= 4 is 5.69 Å². The molecular formula is C13H19NO2. The second-order valence-electron chi connectivity index (χ2n) is 4.60. The molecular weight excluding hydrogens is 202 g/mol. The summed E-state index contributed by atoms with van der Waals surface area (Å²) in [5, 5.41) is 3.18. The standard InChI is InChI=1S/C13H19NO2/c1-9-12(16-13(2,3)15-9)10-7-5-6-8-11(10)14-4/h5-9,12,14H,1-4H3. The first-order valence-corrected chi connectivity index (χ1v) is 5.66. The van der Waals surface area contributed by atoms with Gasteiger partial charge in [-0.1, -0.05) is 18.2 Å². The minimum atomic E-state index is -0.495. The van der Waals surface area contributed by atoms with Crippen LogP contribution in [0.4, 0.5) is 5.69 Å². The Bertz CT molecular complexity index is 376. The van der Waals surface area contributed by atoms with Crippen LogP contribution in [-0.4, -0.2) is 18.9 Å².